The summed E-state index contributed by atoms with van der Waals surface area (Å²) in [6.45, 7) is 9.42. The highest BCUT2D eigenvalue weighted by Gasteiger charge is 2.50. The zero-order valence-electron chi connectivity index (χ0n) is 21.2. The molecule has 7 N–H and O–H groups in total. The van der Waals surface area contributed by atoms with Crippen LogP contribution in [0.3, 0.4) is 0 Å². The van der Waals surface area contributed by atoms with E-state index in [0.717, 1.165) is 0 Å². The molecule has 10 atom stereocenters. The van der Waals surface area contributed by atoms with Gasteiger partial charge in [-0.25, -0.2) is 0 Å². The first-order valence-electron chi connectivity index (χ1n) is 12.3. The SMILES string of the molecule is CC(C)/C=C/C=C/C(C[C@@H]1OC(O)(CC(C)C)C[C@H](O)C1C(=O)O)OC1O[C@H](C)C(O)[C@H](N)[C@@H]1O. The van der Waals surface area contributed by atoms with E-state index in [4.69, 9.17) is 19.9 Å². The number of aliphatic hydroxyl groups excluding tert-OH is 3. The molecular weight excluding hydrogens is 458 g/mol. The van der Waals surface area contributed by atoms with E-state index in [1.165, 1.54) is 0 Å². The Kier molecular flexibility index (Phi) is 10.9. The number of carbonyl (C=O) groups is 1. The third-order valence-electron chi connectivity index (χ3n) is 6.33. The number of aliphatic carboxylic acids is 1. The number of allylic oxidation sites excluding steroid dienone is 3. The highest BCUT2D eigenvalue weighted by Crippen LogP contribution is 2.38. The lowest BCUT2D eigenvalue weighted by Gasteiger charge is -2.45. The molecule has 5 unspecified atom stereocenters. The normalized spacial score (nSPS) is 39.7. The maximum Gasteiger partial charge on any atom is 0.311 e. The quantitative estimate of drug-likeness (QED) is 0.236. The van der Waals surface area contributed by atoms with Gasteiger partial charge in [0.2, 0.25) is 0 Å². The van der Waals surface area contributed by atoms with Gasteiger partial charge in [0.1, 0.15) is 12.0 Å². The van der Waals surface area contributed by atoms with E-state index in [-0.39, 0.29) is 25.2 Å². The van der Waals surface area contributed by atoms with Crippen molar-refractivity contribution < 1.29 is 44.5 Å². The van der Waals surface area contributed by atoms with Gasteiger partial charge in [-0.15, -0.1) is 0 Å². The van der Waals surface area contributed by atoms with Crippen molar-refractivity contribution in [2.24, 2.45) is 23.5 Å². The summed E-state index contributed by atoms with van der Waals surface area (Å²) in [5, 5.41) is 52.0. The molecule has 35 heavy (non-hydrogen) atoms. The molecule has 0 spiro atoms. The van der Waals surface area contributed by atoms with Gasteiger partial charge in [-0.05, 0) is 18.8 Å². The molecule has 0 aromatic heterocycles. The molecule has 2 aliphatic heterocycles. The molecule has 0 radical (unpaired) electrons. The second-order valence-electron chi connectivity index (χ2n) is 10.5. The van der Waals surface area contributed by atoms with Crippen LogP contribution in [0.1, 0.15) is 53.9 Å². The minimum absolute atomic E-state index is 0.0425. The number of hydrogen-bond acceptors (Lipinski definition) is 9. The number of carboxylic acid groups (broad SMARTS) is 1. The van der Waals surface area contributed by atoms with Gasteiger partial charge in [-0.3, -0.25) is 4.79 Å². The summed E-state index contributed by atoms with van der Waals surface area (Å²) in [6.07, 6.45) is -0.365. The van der Waals surface area contributed by atoms with Crippen LogP contribution in [0.2, 0.25) is 0 Å². The van der Waals surface area contributed by atoms with E-state index in [9.17, 15) is 30.3 Å². The first-order chi connectivity index (χ1) is 16.2. The van der Waals surface area contributed by atoms with Gasteiger partial charge in [-0.1, -0.05) is 52.0 Å². The molecule has 0 aromatic rings. The second kappa shape index (κ2) is 12.7. The van der Waals surface area contributed by atoms with Crippen molar-refractivity contribution in [3.63, 3.8) is 0 Å². The minimum atomic E-state index is -1.68. The van der Waals surface area contributed by atoms with Crippen LogP contribution < -0.4 is 5.73 Å². The van der Waals surface area contributed by atoms with Crippen LogP contribution in [-0.4, -0.2) is 86.2 Å². The van der Waals surface area contributed by atoms with Crippen LogP contribution in [0.4, 0.5) is 0 Å². The molecule has 0 saturated carbocycles. The van der Waals surface area contributed by atoms with Gasteiger partial charge in [0.25, 0.3) is 0 Å². The van der Waals surface area contributed by atoms with Crippen molar-refractivity contribution in [2.75, 3.05) is 0 Å². The summed E-state index contributed by atoms with van der Waals surface area (Å²) in [5.41, 5.74) is 5.92. The Balaban J connectivity index is 2.30. The van der Waals surface area contributed by atoms with Crippen molar-refractivity contribution in [3.05, 3.63) is 24.3 Å². The number of aliphatic hydroxyl groups is 4. The number of hydrogen-bond donors (Lipinski definition) is 6. The van der Waals surface area contributed by atoms with Crippen LogP contribution >= 0.6 is 0 Å². The van der Waals surface area contributed by atoms with Crippen molar-refractivity contribution >= 4 is 5.97 Å². The Morgan fingerprint density at radius 1 is 1.14 bits per heavy atom. The number of nitrogens with two attached hydrogens (primary N) is 1. The number of carboxylic acids is 1. The fourth-order valence-corrected chi connectivity index (χ4v) is 4.63. The first-order valence-corrected chi connectivity index (χ1v) is 12.3. The average molecular weight is 502 g/mol. The average Bonchev–Trinajstić information content (AvgIpc) is 2.71. The van der Waals surface area contributed by atoms with Gasteiger partial charge in [-0.2, -0.15) is 0 Å². The predicted molar refractivity (Wildman–Crippen MR) is 128 cm³/mol. The molecule has 2 fully saturated rings. The van der Waals surface area contributed by atoms with Crippen LogP contribution in [0.25, 0.3) is 0 Å². The lowest BCUT2D eigenvalue weighted by atomic mass is 9.82. The van der Waals surface area contributed by atoms with Gasteiger partial charge in [0, 0.05) is 19.3 Å². The topological polar surface area (TPSA) is 172 Å². The molecule has 0 aliphatic carbocycles. The molecule has 10 heteroatoms. The summed E-state index contributed by atoms with van der Waals surface area (Å²) >= 11 is 0. The Bertz CT molecular complexity index is 742. The lowest BCUT2D eigenvalue weighted by Crippen LogP contribution is -2.61. The highest BCUT2D eigenvalue weighted by atomic mass is 16.7. The lowest BCUT2D eigenvalue weighted by molar-refractivity contribution is -0.305. The van der Waals surface area contributed by atoms with Crippen LogP contribution in [0.15, 0.2) is 24.3 Å². The van der Waals surface area contributed by atoms with Gasteiger partial charge >= 0.3 is 5.97 Å². The van der Waals surface area contributed by atoms with Crippen molar-refractivity contribution in [3.8, 4) is 0 Å². The first kappa shape index (κ1) is 29.9. The number of ether oxygens (including phenoxy) is 3. The van der Waals surface area contributed by atoms with E-state index in [1.807, 2.05) is 39.8 Å². The van der Waals surface area contributed by atoms with Gasteiger partial charge in [0.05, 0.1) is 36.6 Å². The molecule has 0 amide bonds. The third kappa shape index (κ3) is 8.33. The molecule has 10 nitrogen and oxygen atoms in total. The maximum absolute atomic E-state index is 12.0. The third-order valence-corrected chi connectivity index (χ3v) is 6.33. The molecule has 2 saturated heterocycles. The summed E-state index contributed by atoms with van der Waals surface area (Å²) in [7, 11) is 0. The largest absolute Gasteiger partial charge is 0.481 e. The van der Waals surface area contributed by atoms with Crippen LogP contribution in [0.5, 0.6) is 0 Å². The van der Waals surface area contributed by atoms with E-state index in [2.05, 4.69) is 0 Å². The molecule has 0 aromatic carbocycles. The summed E-state index contributed by atoms with van der Waals surface area (Å²) in [4.78, 5) is 12.0. The number of rotatable bonds is 10. The van der Waals surface area contributed by atoms with Crippen LogP contribution in [-0.2, 0) is 19.0 Å². The summed E-state index contributed by atoms with van der Waals surface area (Å²) in [6, 6.07) is -0.995. The smallest absolute Gasteiger partial charge is 0.311 e. The van der Waals surface area contributed by atoms with E-state index < -0.39 is 66.6 Å². The Morgan fingerprint density at radius 2 is 1.77 bits per heavy atom. The monoisotopic (exact) mass is 501 g/mol. The zero-order chi connectivity index (χ0) is 26.5. The Hall–Kier alpha value is -1.37. The fourth-order valence-electron chi connectivity index (χ4n) is 4.63. The van der Waals surface area contributed by atoms with Crippen molar-refractivity contribution in [2.45, 2.75) is 109 Å². The molecule has 0 bridgehead atoms. The van der Waals surface area contributed by atoms with Gasteiger partial charge in [0.15, 0.2) is 12.1 Å². The Morgan fingerprint density at radius 3 is 2.34 bits per heavy atom. The van der Waals surface area contributed by atoms with E-state index in [0.29, 0.717) is 5.92 Å². The van der Waals surface area contributed by atoms with E-state index >= 15 is 0 Å². The van der Waals surface area contributed by atoms with Gasteiger partial charge < -0.3 is 45.5 Å². The predicted octanol–water partition coefficient (Wildman–Crippen LogP) is 0.909. The molecular formula is C25H43NO9. The fraction of sp³-hybridized carbons (Fsp3) is 0.800. The van der Waals surface area contributed by atoms with Crippen LogP contribution in [0, 0.1) is 17.8 Å². The molecule has 2 aliphatic rings. The Labute approximate surface area is 207 Å². The minimum Gasteiger partial charge on any atom is -0.481 e. The molecule has 202 valence electrons. The highest BCUT2D eigenvalue weighted by molar-refractivity contribution is 5.71. The standard InChI is InChI=1S/C25H43NO9/c1-13(2)8-6-7-9-16(34-24-22(29)20(26)21(28)15(5)33-24)10-18-19(23(30)31)17(27)12-25(32,35-18)11-14(3)4/h6-9,13-22,24,27-29,32H,10-12,26H2,1-5H3,(H,30,31)/b8-6+,9-7+/t15-,16?,17+,18+,19?,20+,21?,22+,24?,25?/m1/s1. The maximum atomic E-state index is 12.0. The second-order valence-corrected chi connectivity index (χ2v) is 10.5. The van der Waals surface area contributed by atoms with Crippen molar-refractivity contribution in [1.29, 1.82) is 0 Å². The molecule has 2 rings (SSSR count). The summed E-state index contributed by atoms with van der Waals surface area (Å²) in [5.74, 6) is -3.86. The summed E-state index contributed by atoms with van der Waals surface area (Å²) < 4.78 is 17.5. The zero-order valence-corrected chi connectivity index (χ0v) is 21.2. The van der Waals surface area contributed by atoms with Crippen molar-refractivity contribution in [1.82, 2.24) is 0 Å². The molecule has 2 heterocycles. The van der Waals surface area contributed by atoms with E-state index in [1.54, 1.807) is 19.1 Å².